The summed E-state index contributed by atoms with van der Waals surface area (Å²) in [5.74, 6) is 1.86. The van der Waals surface area contributed by atoms with E-state index in [2.05, 4.69) is 21.7 Å². The second kappa shape index (κ2) is 5.16. The Balaban J connectivity index is 2.14. The molecule has 0 radical (unpaired) electrons. The van der Waals surface area contributed by atoms with Crippen molar-refractivity contribution in [1.82, 2.24) is 9.88 Å². The average molecular weight is 258 g/mol. The van der Waals surface area contributed by atoms with Crippen molar-refractivity contribution in [3.05, 3.63) is 16.1 Å². The number of ether oxygens (including phenoxy) is 1. The molecule has 1 aromatic rings. The van der Waals surface area contributed by atoms with Crippen LogP contribution in [0.4, 0.5) is 0 Å². The molecule has 0 aliphatic carbocycles. The second-order valence-electron chi connectivity index (χ2n) is 3.63. The fourth-order valence-corrected chi connectivity index (χ4v) is 3.86. The van der Waals surface area contributed by atoms with E-state index >= 15 is 0 Å². The molecule has 2 rings (SSSR count). The van der Waals surface area contributed by atoms with Crippen molar-refractivity contribution >= 4 is 29.1 Å². The predicted octanol–water partition coefficient (Wildman–Crippen LogP) is 1.65. The Kier molecular flexibility index (Phi) is 3.83. The first-order valence-electron chi connectivity index (χ1n) is 5.04. The Morgan fingerprint density at radius 1 is 1.69 bits per heavy atom. The van der Waals surface area contributed by atoms with Gasteiger partial charge in [0, 0.05) is 23.4 Å². The number of thioether (sulfide) groups is 1. The fourth-order valence-electron chi connectivity index (χ4n) is 1.59. The van der Waals surface area contributed by atoms with Crippen molar-refractivity contribution in [3.63, 3.8) is 0 Å². The molecule has 0 spiro atoms. The largest absolute Gasteiger partial charge is 0.464 e. The van der Waals surface area contributed by atoms with Crippen LogP contribution in [0.25, 0.3) is 0 Å². The van der Waals surface area contributed by atoms with Gasteiger partial charge in [0.2, 0.25) is 0 Å². The molecule has 0 aromatic carbocycles. The van der Waals surface area contributed by atoms with Crippen molar-refractivity contribution in [2.24, 2.45) is 0 Å². The number of thiazole rings is 1. The quantitative estimate of drug-likeness (QED) is 0.755. The van der Waals surface area contributed by atoms with Gasteiger partial charge in [-0.3, -0.25) is 4.90 Å². The molecular weight excluding hydrogens is 244 g/mol. The van der Waals surface area contributed by atoms with Crippen LogP contribution in [-0.2, 0) is 4.74 Å². The summed E-state index contributed by atoms with van der Waals surface area (Å²) in [4.78, 5) is 17.9. The molecule has 2 heterocycles. The molecule has 1 saturated heterocycles. The maximum atomic E-state index is 11.3. The monoisotopic (exact) mass is 258 g/mol. The average Bonchev–Trinajstić information content (AvgIpc) is 2.78. The van der Waals surface area contributed by atoms with Gasteiger partial charge in [0.1, 0.15) is 5.01 Å². The molecule has 0 N–H and O–H groups in total. The smallest absolute Gasteiger partial charge is 0.357 e. The summed E-state index contributed by atoms with van der Waals surface area (Å²) in [5, 5.41) is 2.78. The first-order chi connectivity index (χ1) is 7.72. The molecule has 1 aliphatic rings. The number of aromatic nitrogens is 1. The van der Waals surface area contributed by atoms with Gasteiger partial charge in [-0.05, 0) is 7.05 Å². The van der Waals surface area contributed by atoms with Gasteiger partial charge < -0.3 is 4.74 Å². The molecule has 0 saturated carbocycles. The fraction of sp³-hybridized carbons (Fsp3) is 0.600. The van der Waals surface area contributed by atoms with E-state index in [0.717, 1.165) is 17.3 Å². The first kappa shape index (κ1) is 11.9. The summed E-state index contributed by atoms with van der Waals surface area (Å²) in [6.07, 6.45) is 0. The molecule has 16 heavy (non-hydrogen) atoms. The molecule has 1 unspecified atom stereocenters. The van der Waals surface area contributed by atoms with Crippen LogP contribution in [0, 0.1) is 0 Å². The topological polar surface area (TPSA) is 42.4 Å². The molecule has 1 aliphatic heterocycles. The second-order valence-corrected chi connectivity index (χ2v) is 5.67. The van der Waals surface area contributed by atoms with Gasteiger partial charge in [-0.15, -0.1) is 11.3 Å². The van der Waals surface area contributed by atoms with Gasteiger partial charge in [0.25, 0.3) is 0 Å². The van der Waals surface area contributed by atoms with Gasteiger partial charge in [-0.2, -0.15) is 11.8 Å². The lowest BCUT2D eigenvalue weighted by molar-refractivity contribution is 0.0594. The van der Waals surface area contributed by atoms with E-state index in [9.17, 15) is 4.79 Å². The molecule has 0 bridgehead atoms. The highest BCUT2D eigenvalue weighted by molar-refractivity contribution is 7.99. The minimum Gasteiger partial charge on any atom is -0.464 e. The summed E-state index contributed by atoms with van der Waals surface area (Å²) in [6.45, 7) is 1.07. The van der Waals surface area contributed by atoms with Gasteiger partial charge in [0.05, 0.1) is 13.2 Å². The zero-order chi connectivity index (χ0) is 11.5. The number of nitrogens with zero attached hydrogens (tertiary/aromatic N) is 2. The normalized spacial score (nSPS) is 22.0. The van der Waals surface area contributed by atoms with E-state index in [0.29, 0.717) is 11.7 Å². The van der Waals surface area contributed by atoms with E-state index in [-0.39, 0.29) is 5.97 Å². The van der Waals surface area contributed by atoms with Crippen LogP contribution in [0.2, 0.25) is 0 Å². The molecule has 88 valence electrons. The summed E-state index contributed by atoms with van der Waals surface area (Å²) in [7, 11) is 3.48. The summed E-state index contributed by atoms with van der Waals surface area (Å²) in [5.41, 5.74) is 0.423. The van der Waals surface area contributed by atoms with Crippen molar-refractivity contribution in [3.8, 4) is 0 Å². The molecule has 1 atom stereocenters. The van der Waals surface area contributed by atoms with Crippen molar-refractivity contribution < 1.29 is 9.53 Å². The Bertz CT molecular complexity index is 381. The lowest BCUT2D eigenvalue weighted by atomic mass is 10.3. The van der Waals surface area contributed by atoms with E-state index in [4.69, 9.17) is 0 Å². The van der Waals surface area contributed by atoms with Crippen LogP contribution in [0.1, 0.15) is 21.5 Å². The molecule has 6 heteroatoms. The maximum Gasteiger partial charge on any atom is 0.357 e. The number of esters is 1. The summed E-state index contributed by atoms with van der Waals surface area (Å²) >= 11 is 3.47. The molecule has 1 aromatic heterocycles. The minimum atomic E-state index is -0.353. The zero-order valence-electron chi connectivity index (χ0n) is 9.30. The predicted molar refractivity (Wildman–Crippen MR) is 66.1 cm³/mol. The third kappa shape index (κ3) is 2.39. The highest BCUT2D eigenvalue weighted by atomic mass is 32.2. The van der Waals surface area contributed by atoms with E-state index < -0.39 is 0 Å². The van der Waals surface area contributed by atoms with Gasteiger partial charge >= 0.3 is 5.97 Å². The molecule has 4 nitrogen and oxygen atoms in total. The third-order valence-electron chi connectivity index (χ3n) is 2.60. The van der Waals surface area contributed by atoms with Crippen LogP contribution in [0.15, 0.2) is 5.38 Å². The highest BCUT2D eigenvalue weighted by Crippen LogP contribution is 2.30. The highest BCUT2D eigenvalue weighted by Gasteiger charge is 2.24. The summed E-state index contributed by atoms with van der Waals surface area (Å²) in [6, 6.07) is 0.335. The number of carbonyl (C=O) groups is 1. The van der Waals surface area contributed by atoms with Gasteiger partial charge in [-0.25, -0.2) is 9.78 Å². The lowest BCUT2D eigenvalue weighted by Gasteiger charge is -2.30. The number of hydrogen-bond donors (Lipinski definition) is 0. The number of rotatable bonds is 2. The van der Waals surface area contributed by atoms with Crippen LogP contribution in [0.3, 0.4) is 0 Å². The maximum absolute atomic E-state index is 11.3. The van der Waals surface area contributed by atoms with Crippen LogP contribution < -0.4 is 0 Å². The Hall–Kier alpha value is -0.590. The number of hydrogen-bond acceptors (Lipinski definition) is 6. The van der Waals surface area contributed by atoms with Gasteiger partial charge in [-0.1, -0.05) is 0 Å². The van der Waals surface area contributed by atoms with Gasteiger partial charge in [0.15, 0.2) is 5.69 Å². The minimum absolute atomic E-state index is 0.335. The SMILES string of the molecule is COC(=O)c1csc(C2CSCCN2C)n1. The molecule has 1 fully saturated rings. The third-order valence-corrected chi connectivity index (χ3v) is 4.57. The first-order valence-corrected chi connectivity index (χ1v) is 7.07. The van der Waals surface area contributed by atoms with Crippen molar-refractivity contribution in [2.75, 3.05) is 32.2 Å². The summed E-state index contributed by atoms with van der Waals surface area (Å²) < 4.78 is 4.65. The lowest BCUT2D eigenvalue weighted by Crippen LogP contribution is -2.32. The van der Waals surface area contributed by atoms with E-state index in [1.54, 1.807) is 5.38 Å². The van der Waals surface area contributed by atoms with E-state index in [1.165, 1.54) is 24.2 Å². The zero-order valence-corrected chi connectivity index (χ0v) is 10.9. The van der Waals surface area contributed by atoms with Crippen LogP contribution in [-0.4, -0.2) is 48.1 Å². The number of methoxy groups -OCH3 is 1. The molecular formula is C10H14N2O2S2. The van der Waals surface area contributed by atoms with E-state index in [1.807, 2.05) is 11.8 Å². The Morgan fingerprint density at radius 3 is 3.19 bits per heavy atom. The van der Waals surface area contributed by atoms with Crippen LogP contribution >= 0.6 is 23.1 Å². The van der Waals surface area contributed by atoms with Crippen molar-refractivity contribution in [2.45, 2.75) is 6.04 Å². The standard InChI is InChI=1S/C10H14N2O2S2/c1-12-3-4-15-6-8(12)9-11-7(5-16-9)10(13)14-2/h5,8H,3-4,6H2,1-2H3. The molecule has 0 amide bonds. The Morgan fingerprint density at radius 2 is 2.50 bits per heavy atom. The van der Waals surface area contributed by atoms with Crippen molar-refractivity contribution in [1.29, 1.82) is 0 Å². The number of carbonyl (C=O) groups excluding carboxylic acids is 1. The Labute approximate surface area is 103 Å². The van der Waals surface area contributed by atoms with Crippen LogP contribution in [0.5, 0.6) is 0 Å².